The van der Waals surface area contributed by atoms with Crippen molar-refractivity contribution in [3.05, 3.63) is 60.3 Å². The molecule has 0 saturated carbocycles. The quantitative estimate of drug-likeness (QED) is 0.464. The smallest absolute Gasteiger partial charge is 0.229 e. The number of aliphatic hydroxyl groups is 2. The van der Waals surface area contributed by atoms with Gasteiger partial charge in [-0.3, -0.25) is 0 Å². The highest BCUT2D eigenvalue weighted by Crippen LogP contribution is 2.29. The molecule has 0 saturated heterocycles. The monoisotopic (exact) mass is 394 g/mol. The Hall–Kier alpha value is -3.16. The molecule has 3 aromatic rings. The minimum Gasteiger partial charge on any atom is -0.491 e. The highest BCUT2D eigenvalue weighted by atomic mass is 16.5. The first-order valence-corrected chi connectivity index (χ1v) is 9.38. The van der Waals surface area contributed by atoms with Crippen LogP contribution in [0.2, 0.25) is 0 Å². The molecule has 0 fully saturated rings. The van der Waals surface area contributed by atoms with Gasteiger partial charge in [0.1, 0.15) is 18.2 Å². The SMILES string of the molecule is CC(C)(CO)c1ccc(-c2cnc(Nc3ccc(OCCO)cc3)nc2N)cc1. The van der Waals surface area contributed by atoms with Crippen LogP contribution in [0.25, 0.3) is 11.1 Å². The topological polar surface area (TPSA) is 114 Å². The summed E-state index contributed by atoms with van der Waals surface area (Å²) >= 11 is 0. The van der Waals surface area contributed by atoms with Crippen LogP contribution in [0.15, 0.2) is 54.7 Å². The van der Waals surface area contributed by atoms with Crippen molar-refractivity contribution >= 4 is 17.5 Å². The van der Waals surface area contributed by atoms with E-state index in [9.17, 15) is 5.11 Å². The number of benzene rings is 2. The molecule has 152 valence electrons. The Labute approximate surface area is 170 Å². The van der Waals surface area contributed by atoms with Crippen LogP contribution < -0.4 is 15.8 Å². The van der Waals surface area contributed by atoms with Crippen molar-refractivity contribution in [2.24, 2.45) is 0 Å². The van der Waals surface area contributed by atoms with E-state index in [1.54, 1.807) is 18.3 Å². The molecule has 0 aliphatic rings. The van der Waals surface area contributed by atoms with Gasteiger partial charge in [-0.2, -0.15) is 4.98 Å². The number of hydrogen-bond donors (Lipinski definition) is 4. The summed E-state index contributed by atoms with van der Waals surface area (Å²) in [7, 11) is 0. The van der Waals surface area contributed by atoms with Crippen LogP contribution in [0.5, 0.6) is 5.75 Å². The van der Waals surface area contributed by atoms with Crippen LogP contribution in [0, 0.1) is 0 Å². The molecule has 7 nitrogen and oxygen atoms in total. The lowest BCUT2D eigenvalue weighted by Gasteiger charge is -2.22. The molecule has 3 rings (SSSR count). The maximum atomic E-state index is 9.52. The van der Waals surface area contributed by atoms with Gasteiger partial charge in [0.25, 0.3) is 0 Å². The molecule has 2 aromatic carbocycles. The number of nitrogen functional groups attached to an aromatic ring is 1. The Balaban J connectivity index is 1.73. The predicted octanol–water partition coefficient (Wildman–Crippen LogP) is 3.11. The molecule has 0 unspecified atom stereocenters. The van der Waals surface area contributed by atoms with Crippen molar-refractivity contribution in [1.29, 1.82) is 0 Å². The second-order valence-corrected chi connectivity index (χ2v) is 7.33. The molecule has 0 bridgehead atoms. The zero-order valence-corrected chi connectivity index (χ0v) is 16.6. The van der Waals surface area contributed by atoms with Crippen molar-refractivity contribution in [2.45, 2.75) is 19.3 Å². The van der Waals surface area contributed by atoms with Crippen molar-refractivity contribution in [2.75, 3.05) is 30.9 Å². The van der Waals surface area contributed by atoms with Crippen LogP contribution in [-0.2, 0) is 5.41 Å². The molecule has 7 heteroatoms. The molecule has 0 aliphatic heterocycles. The third-order valence-electron chi connectivity index (χ3n) is 4.66. The van der Waals surface area contributed by atoms with Crippen molar-refractivity contribution in [3.8, 4) is 16.9 Å². The van der Waals surface area contributed by atoms with Gasteiger partial charge in [-0.1, -0.05) is 38.1 Å². The molecule has 1 heterocycles. The fourth-order valence-electron chi connectivity index (χ4n) is 2.80. The average molecular weight is 394 g/mol. The zero-order chi connectivity index (χ0) is 20.9. The molecular formula is C22H26N4O3. The van der Waals surface area contributed by atoms with Crippen LogP contribution in [0.1, 0.15) is 19.4 Å². The fraction of sp³-hybridized carbons (Fsp3) is 0.273. The summed E-state index contributed by atoms with van der Waals surface area (Å²) in [5, 5.41) is 21.4. The Bertz CT molecular complexity index is 941. The number of nitrogens with zero attached hydrogens (tertiary/aromatic N) is 2. The molecular weight excluding hydrogens is 368 g/mol. The van der Waals surface area contributed by atoms with Crippen LogP contribution in [0.3, 0.4) is 0 Å². The number of rotatable bonds is 8. The van der Waals surface area contributed by atoms with Crippen LogP contribution in [0.4, 0.5) is 17.5 Å². The van der Waals surface area contributed by atoms with Gasteiger partial charge in [-0.15, -0.1) is 0 Å². The number of nitrogens with one attached hydrogen (secondary N) is 1. The van der Waals surface area contributed by atoms with E-state index in [0.29, 0.717) is 17.5 Å². The Morgan fingerprint density at radius 3 is 2.31 bits per heavy atom. The molecule has 5 N–H and O–H groups in total. The number of ether oxygens (including phenoxy) is 1. The lowest BCUT2D eigenvalue weighted by atomic mass is 9.85. The normalized spacial score (nSPS) is 11.3. The summed E-state index contributed by atoms with van der Waals surface area (Å²) in [6.07, 6.45) is 1.69. The van der Waals surface area contributed by atoms with Gasteiger partial charge < -0.3 is 26.0 Å². The average Bonchev–Trinajstić information content (AvgIpc) is 2.73. The van der Waals surface area contributed by atoms with E-state index in [0.717, 1.165) is 22.4 Å². The van der Waals surface area contributed by atoms with Crippen molar-refractivity contribution < 1.29 is 14.9 Å². The largest absolute Gasteiger partial charge is 0.491 e. The summed E-state index contributed by atoms with van der Waals surface area (Å²) in [6.45, 7) is 4.29. The minimum atomic E-state index is -0.299. The number of aromatic nitrogens is 2. The van der Waals surface area contributed by atoms with E-state index < -0.39 is 0 Å². The molecule has 0 spiro atoms. The standard InChI is InChI=1S/C22H26N4O3/c1-22(2,14-28)16-5-3-15(4-6-16)19-13-24-21(26-20(19)23)25-17-7-9-18(10-8-17)29-12-11-27/h3-10,13,27-28H,11-12,14H2,1-2H3,(H3,23,24,25,26). The summed E-state index contributed by atoms with van der Waals surface area (Å²) < 4.78 is 5.34. The molecule has 0 radical (unpaired) electrons. The number of anilines is 3. The van der Waals surface area contributed by atoms with Crippen LogP contribution in [-0.4, -0.2) is 40.0 Å². The maximum Gasteiger partial charge on any atom is 0.229 e. The summed E-state index contributed by atoms with van der Waals surface area (Å²) in [5.41, 5.74) is 9.37. The van der Waals surface area contributed by atoms with Gasteiger partial charge in [0.2, 0.25) is 5.95 Å². The van der Waals surface area contributed by atoms with Crippen molar-refractivity contribution in [3.63, 3.8) is 0 Å². The Kier molecular flexibility index (Phi) is 6.31. The second kappa shape index (κ2) is 8.89. The number of nitrogens with two attached hydrogens (primary N) is 1. The fourth-order valence-corrected chi connectivity index (χ4v) is 2.80. The molecule has 1 aromatic heterocycles. The Morgan fingerprint density at radius 1 is 1.03 bits per heavy atom. The van der Waals surface area contributed by atoms with E-state index in [1.807, 2.05) is 50.2 Å². The van der Waals surface area contributed by atoms with Gasteiger partial charge in [-0.05, 0) is 35.4 Å². The third-order valence-corrected chi connectivity index (χ3v) is 4.66. The highest BCUT2D eigenvalue weighted by molar-refractivity contribution is 5.74. The Morgan fingerprint density at radius 2 is 1.72 bits per heavy atom. The summed E-state index contributed by atoms with van der Waals surface area (Å²) in [4.78, 5) is 8.72. The highest BCUT2D eigenvalue weighted by Gasteiger charge is 2.19. The lowest BCUT2D eigenvalue weighted by molar-refractivity contribution is 0.201. The summed E-state index contributed by atoms with van der Waals surface area (Å²) in [6, 6.07) is 15.1. The van der Waals surface area contributed by atoms with E-state index >= 15 is 0 Å². The molecule has 0 atom stereocenters. The number of hydrogen-bond acceptors (Lipinski definition) is 7. The zero-order valence-electron chi connectivity index (χ0n) is 16.6. The molecule has 0 aliphatic carbocycles. The van der Waals surface area contributed by atoms with Crippen LogP contribution >= 0.6 is 0 Å². The number of aliphatic hydroxyl groups excluding tert-OH is 2. The van der Waals surface area contributed by atoms with Gasteiger partial charge in [-0.25, -0.2) is 4.98 Å². The first kappa shape index (κ1) is 20.6. The third kappa shape index (κ3) is 5.01. The van der Waals surface area contributed by atoms with Crippen molar-refractivity contribution in [1.82, 2.24) is 9.97 Å². The molecule has 29 heavy (non-hydrogen) atoms. The lowest BCUT2D eigenvalue weighted by Crippen LogP contribution is -2.21. The molecule has 0 amide bonds. The van der Waals surface area contributed by atoms with E-state index in [4.69, 9.17) is 15.6 Å². The van der Waals surface area contributed by atoms with Gasteiger partial charge in [0, 0.05) is 22.9 Å². The van der Waals surface area contributed by atoms with Gasteiger partial charge in [0.15, 0.2) is 0 Å². The summed E-state index contributed by atoms with van der Waals surface area (Å²) in [5.74, 6) is 1.45. The van der Waals surface area contributed by atoms with Gasteiger partial charge >= 0.3 is 0 Å². The van der Waals surface area contributed by atoms with E-state index in [1.165, 1.54) is 0 Å². The first-order valence-electron chi connectivity index (χ1n) is 9.38. The van der Waals surface area contributed by atoms with Gasteiger partial charge in [0.05, 0.1) is 13.2 Å². The second-order valence-electron chi connectivity index (χ2n) is 7.33. The van der Waals surface area contributed by atoms with E-state index in [2.05, 4.69) is 15.3 Å². The first-order chi connectivity index (χ1) is 13.9. The maximum absolute atomic E-state index is 9.52. The minimum absolute atomic E-state index is 0.0264. The predicted molar refractivity (Wildman–Crippen MR) is 114 cm³/mol. The van der Waals surface area contributed by atoms with E-state index in [-0.39, 0.29) is 25.2 Å².